The minimum atomic E-state index is -0.808. The van der Waals surface area contributed by atoms with Crippen molar-refractivity contribution in [2.45, 2.75) is 20.0 Å². The van der Waals surface area contributed by atoms with Gasteiger partial charge in [-0.2, -0.15) is 0 Å². The molecule has 1 N–H and O–H groups in total. The number of ether oxygens (including phenoxy) is 2. The number of aryl methyl sites for hydroxylation is 2. The maximum absolute atomic E-state index is 10.7. The zero-order chi connectivity index (χ0) is 15.6. The van der Waals surface area contributed by atoms with Gasteiger partial charge >= 0.3 is 0 Å². The third kappa shape index (κ3) is 3.14. The second-order valence-electron chi connectivity index (χ2n) is 4.99. The largest absolute Gasteiger partial charge is 0.493 e. The van der Waals surface area contributed by atoms with Crippen molar-refractivity contribution in [3.8, 4) is 11.5 Å². The van der Waals surface area contributed by atoms with Gasteiger partial charge < -0.3 is 14.6 Å². The van der Waals surface area contributed by atoms with Gasteiger partial charge in [-0.05, 0) is 31.0 Å². The zero-order valence-electron chi connectivity index (χ0n) is 12.6. The van der Waals surface area contributed by atoms with Crippen LogP contribution in [-0.4, -0.2) is 19.3 Å². The average molecular weight is 307 g/mol. The molecule has 0 aliphatic heterocycles. The molecule has 112 valence electrons. The van der Waals surface area contributed by atoms with Gasteiger partial charge in [0, 0.05) is 11.6 Å². The van der Waals surface area contributed by atoms with E-state index in [1.165, 1.54) is 0 Å². The molecule has 1 unspecified atom stereocenters. The lowest BCUT2D eigenvalue weighted by molar-refractivity contribution is 0.218. The highest BCUT2D eigenvalue weighted by atomic mass is 35.5. The number of benzene rings is 2. The molecule has 0 saturated heterocycles. The first-order valence-corrected chi connectivity index (χ1v) is 7.02. The Morgan fingerprint density at radius 2 is 1.57 bits per heavy atom. The quantitative estimate of drug-likeness (QED) is 0.926. The van der Waals surface area contributed by atoms with Crippen LogP contribution in [0.4, 0.5) is 0 Å². The lowest BCUT2D eigenvalue weighted by Crippen LogP contribution is -2.04. The highest BCUT2D eigenvalue weighted by Crippen LogP contribution is 2.38. The van der Waals surface area contributed by atoms with Crippen LogP contribution in [0.5, 0.6) is 11.5 Å². The molecule has 2 aromatic carbocycles. The second-order valence-corrected chi connectivity index (χ2v) is 5.40. The first-order valence-electron chi connectivity index (χ1n) is 6.64. The fourth-order valence-corrected chi connectivity index (χ4v) is 2.56. The van der Waals surface area contributed by atoms with Crippen LogP contribution in [0.2, 0.25) is 5.02 Å². The van der Waals surface area contributed by atoms with Crippen molar-refractivity contribution in [3.63, 3.8) is 0 Å². The summed E-state index contributed by atoms with van der Waals surface area (Å²) in [6.07, 6.45) is -0.808. The summed E-state index contributed by atoms with van der Waals surface area (Å²) in [4.78, 5) is 0. The Morgan fingerprint density at radius 3 is 2.19 bits per heavy atom. The number of hydrogen-bond acceptors (Lipinski definition) is 3. The lowest BCUT2D eigenvalue weighted by Gasteiger charge is -2.18. The van der Waals surface area contributed by atoms with E-state index in [0.29, 0.717) is 22.1 Å². The predicted molar refractivity (Wildman–Crippen MR) is 84.5 cm³/mol. The van der Waals surface area contributed by atoms with E-state index in [1.54, 1.807) is 26.4 Å². The van der Waals surface area contributed by atoms with Gasteiger partial charge in [-0.15, -0.1) is 0 Å². The monoisotopic (exact) mass is 306 g/mol. The van der Waals surface area contributed by atoms with Crippen LogP contribution in [0, 0.1) is 13.8 Å². The Hall–Kier alpha value is -1.71. The van der Waals surface area contributed by atoms with Crippen LogP contribution in [-0.2, 0) is 0 Å². The number of methoxy groups -OCH3 is 2. The van der Waals surface area contributed by atoms with Gasteiger partial charge in [-0.3, -0.25) is 0 Å². The van der Waals surface area contributed by atoms with Crippen molar-refractivity contribution in [3.05, 3.63) is 57.6 Å². The van der Waals surface area contributed by atoms with Crippen molar-refractivity contribution in [1.82, 2.24) is 0 Å². The summed E-state index contributed by atoms with van der Waals surface area (Å²) in [5.74, 6) is 1.08. The summed E-state index contributed by atoms with van der Waals surface area (Å²) >= 11 is 6.28. The Bertz CT molecular complexity index is 653. The summed E-state index contributed by atoms with van der Waals surface area (Å²) < 4.78 is 10.5. The Kier molecular flexibility index (Phi) is 4.76. The van der Waals surface area contributed by atoms with Crippen LogP contribution in [0.3, 0.4) is 0 Å². The molecule has 0 saturated carbocycles. The number of aliphatic hydroxyl groups is 1. The molecule has 2 aromatic rings. The molecule has 1 atom stereocenters. The predicted octanol–water partition coefficient (Wildman–Crippen LogP) is 4.06. The number of halogens is 1. The molecule has 21 heavy (non-hydrogen) atoms. The van der Waals surface area contributed by atoms with Gasteiger partial charge in [0.25, 0.3) is 0 Å². The van der Waals surface area contributed by atoms with Crippen molar-refractivity contribution >= 4 is 11.6 Å². The Balaban J connectivity index is 2.52. The molecule has 0 fully saturated rings. The third-order valence-corrected chi connectivity index (χ3v) is 3.85. The first-order chi connectivity index (χ1) is 9.97. The maximum Gasteiger partial charge on any atom is 0.162 e. The molecule has 0 aliphatic rings. The Morgan fingerprint density at radius 1 is 0.952 bits per heavy atom. The van der Waals surface area contributed by atoms with Crippen molar-refractivity contribution in [1.29, 1.82) is 0 Å². The summed E-state index contributed by atoms with van der Waals surface area (Å²) in [5.41, 5.74) is 3.54. The van der Waals surface area contributed by atoms with E-state index in [4.69, 9.17) is 21.1 Å². The maximum atomic E-state index is 10.7. The van der Waals surface area contributed by atoms with Gasteiger partial charge in [0.1, 0.15) is 6.10 Å². The van der Waals surface area contributed by atoms with Gasteiger partial charge in [0.05, 0.1) is 19.2 Å². The average Bonchev–Trinajstić information content (AvgIpc) is 2.48. The normalized spacial score (nSPS) is 12.1. The fourth-order valence-electron chi connectivity index (χ4n) is 2.30. The van der Waals surface area contributed by atoms with Crippen LogP contribution < -0.4 is 9.47 Å². The topological polar surface area (TPSA) is 38.7 Å². The molecule has 0 radical (unpaired) electrons. The van der Waals surface area contributed by atoms with E-state index in [1.807, 2.05) is 32.0 Å². The molecule has 2 rings (SSSR count). The van der Waals surface area contributed by atoms with Gasteiger partial charge in [-0.1, -0.05) is 35.4 Å². The summed E-state index contributed by atoms with van der Waals surface area (Å²) in [7, 11) is 3.11. The van der Waals surface area contributed by atoms with Crippen molar-refractivity contribution < 1.29 is 14.6 Å². The molecular formula is C17H19ClO3. The SMILES string of the molecule is COc1cc(Cl)c(C(O)c2cc(C)ccc2C)cc1OC. The van der Waals surface area contributed by atoms with Crippen LogP contribution in [0.1, 0.15) is 28.4 Å². The molecular weight excluding hydrogens is 288 g/mol. The fraction of sp³-hybridized carbons (Fsp3) is 0.294. The van der Waals surface area contributed by atoms with Crippen LogP contribution in [0.15, 0.2) is 30.3 Å². The minimum absolute atomic E-state index is 0.445. The smallest absolute Gasteiger partial charge is 0.162 e. The molecule has 0 aliphatic carbocycles. The summed E-state index contributed by atoms with van der Waals surface area (Å²) in [6, 6.07) is 9.34. The van der Waals surface area contributed by atoms with Crippen LogP contribution in [0.25, 0.3) is 0 Å². The number of rotatable bonds is 4. The third-order valence-electron chi connectivity index (χ3n) is 3.53. The molecule has 0 aromatic heterocycles. The molecule has 0 heterocycles. The standard InChI is InChI=1S/C17H19ClO3/c1-10-5-6-11(2)12(7-10)17(19)13-8-15(20-3)16(21-4)9-14(13)18/h5-9,17,19H,1-4H3. The molecule has 4 heteroatoms. The first kappa shape index (κ1) is 15.7. The van der Waals surface area contributed by atoms with E-state index < -0.39 is 6.10 Å². The van der Waals surface area contributed by atoms with E-state index in [-0.39, 0.29) is 0 Å². The lowest BCUT2D eigenvalue weighted by atomic mass is 9.95. The van der Waals surface area contributed by atoms with E-state index in [0.717, 1.165) is 16.7 Å². The van der Waals surface area contributed by atoms with Gasteiger partial charge in [-0.25, -0.2) is 0 Å². The zero-order valence-corrected chi connectivity index (χ0v) is 13.4. The highest BCUT2D eigenvalue weighted by Gasteiger charge is 2.19. The summed E-state index contributed by atoms with van der Waals surface area (Å²) in [6.45, 7) is 3.96. The molecule has 0 amide bonds. The minimum Gasteiger partial charge on any atom is -0.493 e. The van der Waals surface area contributed by atoms with Gasteiger partial charge in [0.15, 0.2) is 11.5 Å². The van der Waals surface area contributed by atoms with Crippen molar-refractivity contribution in [2.24, 2.45) is 0 Å². The van der Waals surface area contributed by atoms with E-state index in [9.17, 15) is 5.11 Å². The number of hydrogen-bond donors (Lipinski definition) is 1. The Labute approximate surface area is 130 Å². The van der Waals surface area contributed by atoms with E-state index in [2.05, 4.69) is 0 Å². The number of aliphatic hydroxyl groups excluding tert-OH is 1. The highest BCUT2D eigenvalue weighted by molar-refractivity contribution is 6.31. The second kappa shape index (κ2) is 6.37. The van der Waals surface area contributed by atoms with E-state index >= 15 is 0 Å². The molecule has 3 nitrogen and oxygen atoms in total. The van der Waals surface area contributed by atoms with Crippen molar-refractivity contribution in [2.75, 3.05) is 14.2 Å². The van der Waals surface area contributed by atoms with Crippen LogP contribution >= 0.6 is 11.6 Å². The van der Waals surface area contributed by atoms with Gasteiger partial charge in [0.2, 0.25) is 0 Å². The molecule has 0 bridgehead atoms. The summed E-state index contributed by atoms with van der Waals surface area (Å²) in [5, 5.41) is 11.1. The molecule has 0 spiro atoms.